The molecule has 2 aliphatic rings. The Labute approximate surface area is 215 Å². The van der Waals surface area contributed by atoms with Gasteiger partial charge < -0.3 is 4.74 Å². The van der Waals surface area contributed by atoms with Gasteiger partial charge >= 0.3 is 6.11 Å². The van der Waals surface area contributed by atoms with Crippen LogP contribution in [0.3, 0.4) is 0 Å². The molecule has 0 saturated heterocycles. The Kier molecular flexibility index (Phi) is 9.19. The first kappa shape index (κ1) is 26.8. The molecule has 0 heterocycles. The van der Waals surface area contributed by atoms with Crippen LogP contribution in [0.15, 0.2) is 54.6 Å². The summed E-state index contributed by atoms with van der Waals surface area (Å²) in [6, 6.07) is 12.2. The van der Waals surface area contributed by atoms with Gasteiger partial charge in [0.2, 0.25) is 0 Å². The second-order valence-electron chi connectivity index (χ2n) is 10.9. The second-order valence-corrected chi connectivity index (χ2v) is 10.9. The van der Waals surface area contributed by atoms with Crippen molar-refractivity contribution in [3.63, 3.8) is 0 Å². The molecule has 2 aliphatic carbocycles. The van der Waals surface area contributed by atoms with Gasteiger partial charge in [-0.15, -0.1) is 0 Å². The standard InChI is InChI=1S/C32H41F3O/c1-3-5-23-6-10-26(11-7-23)28-14-16-29(17-15-28)27-12-8-24(9-13-27)20-21-32(34,35)36-30-19-18-25(4-2)31(33)22-30/h3,5,8-9,12-13,18-19,22-23,26,28-29H,4,6-7,10-11,14-17,20-21H2,1-2H3/b5-3+. The summed E-state index contributed by atoms with van der Waals surface area (Å²) >= 11 is 0. The normalized spacial score (nSPS) is 25.2. The van der Waals surface area contributed by atoms with Crippen LogP contribution in [0.1, 0.15) is 94.2 Å². The minimum atomic E-state index is -3.34. The Hall–Kier alpha value is -2.23. The molecule has 2 aromatic rings. The molecular weight excluding hydrogens is 457 g/mol. The molecule has 196 valence electrons. The lowest BCUT2D eigenvalue weighted by Crippen LogP contribution is -2.25. The topological polar surface area (TPSA) is 9.23 Å². The highest BCUT2D eigenvalue weighted by Gasteiger charge is 2.32. The molecular formula is C32H41F3O. The monoisotopic (exact) mass is 498 g/mol. The number of rotatable bonds is 9. The van der Waals surface area contributed by atoms with Crippen LogP contribution in [0, 0.1) is 23.6 Å². The summed E-state index contributed by atoms with van der Waals surface area (Å²) < 4.78 is 47.5. The summed E-state index contributed by atoms with van der Waals surface area (Å²) in [5.74, 6) is 2.52. The van der Waals surface area contributed by atoms with Gasteiger partial charge in [0.05, 0.1) is 6.42 Å². The number of hydrogen-bond donors (Lipinski definition) is 0. The molecule has 0 N–H and O–H groups in total. The number of halogens is 3. The molecule has 4 rings (SSSR count). The molecule has 2 fully saturated rings. The van der Waals surface area contributed by atoms with Gasteiger partial charge in [-0.1, -0.05) is 49.4 Å². The first-order chi connectivity index (χ1) is 17.4. The Morgan fingerprint density at radius 3 is 2.11 bits per heavy atom. The molecule has 2 aromatic carbocycles. The van der Waals surface area contributed by atoms with Gasteiger partial charge in [0.15, 0.2) is 0 Å². The van der Waals surface area contributed by atoms with E-state index in [2.05, 4.69) is 31.2 Å². The molecule has 0 aliphatic heterocycles. The fourth-order valence-electron chi connectivity index (χ4n) is 6.35. The predicted octanol–water partition coefficient (Wildman–Crippen LogP) is 9.65. The highest BCUT2D eigenvalue weighted by atomic mass is 19.3. The molecule has 0 aromatic heterocycles. The van der Waals surface area contributed by atoms with Gasteiger partial charge in [0, 0.05) is 6.07 Å². The lowest BCUT2D eigenvalue weighted by molar-refractivity contribution is -0.180. The van der Waals surface area contributed by atoms with E-state index < -0.39 is 18.3 Å². The van der Waals surface area contributed by atoms with E-state index in [-0.39, 0.29) is 12.2 Å². The van der Waals surface area contributed by atoms with E-state index in [9.17, 15) is 13.2 Å². The summed E-state index contributed by atoms with van der Waals surface area (Å²) in [4.78, 5) is 0. The van der Waals surface area contributed by atoms with Gasteiger partial charge in [-0.2, -0.15) is 8.78 Å². The third kappa shape index (κ3) is 7.17. The van der Waals surface area contributed by atoms with Crippen molar-refractivity contribution in [1.82, 2.24) is 0 Å². The van der Waals surface area contributed by atoms with E-state index in [1.165, 1.54) is 69.1 Å². The number of benzene rings is 2. The van der Waals surface area contributed by atoms with Crippen LogP contribution in [0.25, 0.3) is 0 Å². The maximum Gasteiger partial charge on any atom is 0.398 e. The van der Waals surface area contributed by atoms with E-state index in [1.807, 2.05) is 19.1 Å². The van der Waals surface area contributed by atoms with Crippen LogP contribution in [-0.4, -0.2) is 6.11 Å². The van der Waals surface area contributed by atoms with Crippen LogP contribution < -0.4 is 4.74 Å². The SMILES string of the molecule is C/C=C/C1CCC(C2CCC(c3ccc(CCC(F)(F)Oc4ccc(CC)c(F)c4)cc3)CC2)CC1. The lowest BCUT2D eigenvalue weighted by Gasteiger charge is -2.37. The van der Waals surface area contributed by atoms with Gasteiger partial charge in [-0.25, -0.2) is 4.39 Å². The summed E-state index contributed by atoms with van der Waals surface area (Å²) in [7, 11) is 0. The number of aryl methyl sites for hydroxylation is 2. The van der Waals surface area contributed by atoms with Crippen LogP contribution in [-0.2, 0) is 12.8 Å². The van der Waals surface area contributed by atoms with E-state index in [4.69, 9.17) is 4.74 Å². The zero-order chi connectivity index (χ0) is 25.5. The van der Waals surface area contributed by atoms with Gasteiger partial charge in [-0.05, 0) is 118 Å². The van der Waals surface area contributed by atoms with Crippen LogP contribution >= 0.6 is 0 Å². The first-order valence-corrected chi connectivity index (χ1v) is 13.9. The number of ether oxygens (including phenoxy) is 1. The van der Waals surface area contributed by atoms with Crippen molar-refractivity contribution in [2.45, 2.75) is 96.5 Å². The average molecular weight is 499 g/mol. The van der Waals surface area contributed by atoms with E-state index in [0.29, 0.717) is 17.9 Å². The summed E-state index contributed by atoms with van der Waals surface area (Å²) in [5.41, 5.74) is 2.70. The minimum Gasteiger partial charge on any atom is -0.432 e. The summed E-state index contributed by atoms with van der Waals surface area (Å²) in [6.45, 7) is 3.95. The predicted molar refractivity (Wildman–Crippen MR) is 141 cm³/mol. The summed E-state index contributed by atoms with van der Waals surface area (Å²) in [6.07, 6.45) is 12.1. The molecule has 0 amide bonds. The number of alkyl halides is 2. The molecule has 0 radical (unpaired) electrons. The smallest absolute Gasteiger partial charge is 0.398 e. The minimum absolute atomic E-state index is 0.133. The molecule has 0 atom stereocenters. The molecule has 0 unspecified atom stereocenters. The molecule has 0 bridgehead atoms. The number of hydrogen-bond acceptors (Lipinski definition) is 1. The third-order valence-electron chi connectivity index (χ3n) is 8.55. The molecule has 0 spiro atoms. The van der Waals surface area contributed by atoms with Crippen LogP contribution in [0.2, 0.25) is 0 Å². The van der Waals surface area contributed by atoms with Gasteiger partial charge in [0.25, 0.3) is 0 Å². The maximum atomic E-state index is 14.4. The fraction of sp³-hybridized carbons (Fsp3) is 0.562. The zero-order valence-corrected chi connectivity index (χ0v) is 21.8. The first-order valence-electron chi connectivity index (χ1n) is 13.9. The molecule has 2 saturated carbocycles. The molecule has 1 nitrogen and oxygen atoms in total. The summed E-state index contributed by atoms with van der Waals surface area (Å²) in [5, 5.41) is 0. The quantitative estimate of drug-likeness (QED) is 0.313. The Balaban J connectivity index is 1.23. The lowest BCUT2D eigenvalue weighted by atomic mass is 9.68. The Morgan fingerprint density at radius 2 is 1.53 bits per heavy atom. The zero-order valence-electron chi connectivity index (χ0n) is 21.8. The molecule has 36 heavy (non-hydrogen) atoms. The van der Waals surface area contributed by atoms with Gasteiger partial charge in [-0.3, -0.25) is 0 Å². The van der Waals surface area contributed by atoms with Crippen molar-refractivity contribution in [2.75, 3.05) is 0 Å². The van der Waals surface area contributed by atoms with E-state index >= 15 is 0 Å². The fourth-order valence-corrected chi connectivity index (χ4v) is 6.35. The van der Waals surface area contributed by atoms with Crippen LogP contribution in [0.5, 0.6) is 5.75 Å². The average Bonchev–Trinajstić information content (AvgIpc) is 2.89. The van der Waals surface area contributed by atoms with Crippen LogP contribution in [0.4, 0.5) is 13.2 Å². The maximum absolute atomic E-state index is 14.4. The van der Waals surface area contributed by atoms with Crippen molar-refractivity contribution in [3.8, 4) is 5.75 Å². The molecule has 4 heteroatoms. The van der Waals surface area contributed by atoms with Crippen molar-refractivity contribution in [3.05, 3.63) is 77.1 Å². The largest absolute Gasteiger partial charge is 0.432 e. The Bertz CT molecular complexity index is 981. The Morgan fingerprint density at radius 1 is 0.889 bits per heavy atom. The van der Waals surface area contributed by atoms with Crippen molar-refractivity contribution in [2.24, 2.45) is 17.8 Å². The third-order valence-corrected chi connectivity index (χ3v) is 8.55. The second kappa shape index (κ2) is 12.3. The van der Waals surface area contributed by atoms with Crippen molar-refractivity contribution < 1.29 is 17.9 Å². The number of allylic oxidation sites excluding steroid dienone is 2. The van der Waals surface area contributed by atoms with Gasteiger partial charge in [0.1, 0.15) is 11.6 Å². The van der Waals surface area contributed by atoms with Crippen molar-refractivity contribution >= 4 is 0 Å². The van der Waals surface area contributed by atoms with Crippen molar-refractivity contribution in [1.29, 1.82) is 0 Å². The highest BCUT2D eigenvalue weighted by Crippen LogP contribution is 2.44. The van der Waals surface area contributed by atoms with E-state index in [1.54, 1.807) is 0 Å². The highest BCUT2D eigenvalue weighted by molar-refractivity contribution is 5.29. The van der Waals surface area contributed by atoms with E-state index in [0.717, 1.165) is 29.4 Å².